The van der Waals surface area contributed by atoms with Crippen molar-refractivity contribution in [3.8, 4) is 11.1 Å². The molecule has 1 aliphatic rings. The zero-order valence-corrected chi connectivity index (χ0v) is 12.4. The summed E-state index contributed by atoms with van der Waals surface area (Å²) in [6.07, 6.45) is 2.30. The van der Waals surface area contributed by atoms with Gasteiger partial charge < -0.3 is 4.74 Å². The number of benzene rings is 2. The monoisotopic (exact) mass is 280 g/mol. The number of nitrogens with zero attached hydrogens (tertiary/aromatic N) is 1. The van der Waals surface area contributed by atoms with Crippen LogP contribution in [0.1, 0.15) is 12.0 Å². The third kappa shape index (κ3) is 4.16. The SMILES string of the molecule is [c]1cc(-c2ccccc2)ccc1CCCN1CCOCC1. The molecule has 2 nitrogen and oxygen atoms in total. The predicted molar refractivity (Wildman–Crippen MR) is 86.3 cm³/mol. The predicted octanol–water partition coefficient (Wildman–Crippen LogP) is 3.42. The van der Waals surface area contributed by atoms with Crippen LogP contribution in [0.25, 0.3) is 11.1 Å². The lowest BCUT2D eigenvalue weighted by atomic mass is 10.0. The molecule has 0 amide bonds. The molecule has 2 aromatic rings. The lowest BCUT2D eigenvalue weighted by Crippen LogP contribution is -2.36. The minimum atomic E-state index is 0.887. The highest BCUT2D eigenvalue weighted by molar-refractivity contribution is 5.63. The molecule has 2 aromatic carbocycles. The average molecular weight is 280 g/mol. The third-order valence-electron chi connectivity index (χ3n) is 4.01. The van der Waals surface area contributed by atoms with Crippen LogP contribution in [0.3, 0.4) is 0 Å². The summed E-state index contributed by atoms with van der Waals surface area (Å²) in [5.41, 5.74) is 3.81. The Morgan fingerprint density at radius 1 is 0.952 bits per heavy atom. The number of hydrogen-bond acceptors (Lipinski definition) is 2. The molecular formula is C19H22NO. The van der Waals surface area contributed by atoms with Crippen molar-refractivity contribution in [3.05, 3.63) is 60.2 Å². The minimum Gasteiger partial charge on any atom is -0.379 e. The van der Waals surface area contributed by atoms with E-state index in [4.69, 9.17) is 4.74 Å². The summed E-state index contributed by atoms with van der Waals surface area (Å²) in [4.78, 5) is 2.49. The van der Waals surface area contributed by atoms with E-state index in [0.29, 0.717) is 0 Å². The molecule has 21 heavy (non-hydrogen) atoms. The van der Waals surface area contributed by atoms with Crippen LogP contribution in [0, 0.1) is 6.07 Å². The first kappa shape index (κ1) is 14.3. The van der Waals surface area contributed by atoms with Gasteiger partial charge in [0, 0.05) is 13.1 Å². The molecule has 0 aromatic heterocycles. The Morgan fingerprint density at radius 3 is 2.48 bits per heavy atom. The fourth-order valence-corrected chi connectivity index (χ4v) is 2.74. The Bertz CT molecular complexity index is 529. The van der Waals surface area contributed by atoms with Crippen LogP contribution in [-0.4, -0.2) is 37.7 Å². The van der Waals surface area contributed by atoms with Crippen LogP contribution >= 0.6 is 0 Å². The van der Waals surface area contributed by atoms with Crippen molar-refractivity contribution in [1.29, 1.82) is 0 Å². The van der Waals surface area contributed by atoms with Gasteiger partial charge in [-0.3, -0.25) is 4.90 Å². The summed E-state index contributed by atoms with van der Waals surface area (Å²) < 4.78 is 5.37. The summed E-state index contributed by atoms with van der Waals surface area (Å²) in [5, 5.41) is 0. The number of morpholine rings is 1. The van der Waals surface area contributed by atoms with E-state index < -0.39 is 0 Å². The second kappa shape index (κ2) is 7.39. The van der Waals surface area contributed by atoms with E-state index in [-0.39, 0.29) is 0 Å². The third-order valence-corrected chi connectivity index (χ3v) is 4.01. The molecule has 0 spiro atoms. The van der Waals surface area contributed by atoms with Crippen LogP contribution < -0.4 is 0 Å². The standard InChI is InChI=1S/C19H22NO/c1-2-6-18(7-3-1)19-10-8-17(9-11-19)5-4-12-20-13-15-21-16-14-20/h1-3,6-8,10-11H,4-5,12-16H2. The normalized spacial score (nSPS) is 16.0. The average Bonchev–Trinajstić information content (AvgIpc) is 2.57. The van der Waals surface area contributed by atoms with Crippen LogP contribution in [-0.2, 0) is 11.2 Å². The maximum Gasteiger partial charge on any atom is 0.0594 e. The zero-order chi connectivity index (χ0) is 14.3. The highest BCUT2D eigenvalue weighted by Gasteiger charge is 2.09. The van der Waals surface area contributed by atoms with Crippen LogP contribution in [0.4, 0.5) is 0 Å². The lowest BCUT2D eigenvalue weighted by molar-refractivity contribution is 0.0374. The summed E-state index contributed by atoms with van der Waals surface area (Å²) in [6, 6.07) is 20.4. The molecular weight excluding hydrogens is 258 g/mol. The molecule has 1 fully saturated rings. The van der Waals surface area contributed by atoms with Gasteiger partial charge in [-0.05, 0) is 48.2 Å². The number of ether oxygens (including phenoxy) is 1. The maximum absolute atomic E-state index is 5.37. The van der Waals surface area contributed by atoms with E-state index in [1.165, 1.54) is 23.1 Å². The van der Waals surface area contributed by atoms with Crippen LogP contribution in [0.5, 0.6) is 0 Å². The first-order chi connectivity index (χ1) is 10.4. The van der Waals surface area contributed by atoms with E-state index in [9.17, 15) is 0 Å². The topological polar surface area (TPSA) is 12.5 Å². The Kier molecular flexibility index (Phi) is 5.03. The first-order valence-electron chi connectivity index (χ1n) is 7.78. The zero-order valence-electron chi connectivity index (χ0n) is 12.4. The van der Waals surface area contributed by atoms with E-state index >= 15 is 0 Å². The molecule has 1 aliphatic heterocycles. The molecule has 0 saturated carbocycles. The van der Waals surface area contributed by atoms with Crippen molar-refractivity contribution in [2.75, 3.05) is 32.8 Å². The van der Waals surface area contributed by atoms with Gasteiger partial charge in [-0.2, -0.15) is 0 Å². The van der Waals surface area contributed by atoms with Gasteiger partial charge in [0.05, 0.1) is 13.2 Å². The molecule has 0 N–H and O–H groups in total. The summed E-state index contributed by atoms with van der Waals surface area (Å²) in [7, 11) is 0. The second-order valence-corrected chi connectivity index (χ2v) is 5.53. The molecule has 2 heteroatoms. The van der Waals surface area contributed by atoms with Gasteiger partial charge >= 0.3 is 0 Å². The molecule has 0 aliphatic carbocycles. The first-order valence-corrected chi connectivity index (χ1v) is 7.78. The molecule has 0 unspecified atom stereocenters. The summed E-state index contributed by atoms with van der Waals surface area (Å²) in [5.74, 6) is 0. The molecule has 1 radical (unpaired) electrons. The molecule has 0 bridgehead atoms. The van der Waals surface area contributed by atoms with Gasteiger partial charge in [0.15, 0.2) is 0 Å². The molecule has 109 valence electrons. The van der Waals surface area contributed by atoms with Crippen LogP contribution in [0.15, 0.2) is 48.5 Å². The van der Waals surface area contributed by atoms with Gasteiger partial charge in [0.1, 0.15) is 0 Å². The molecule has 1 saturated heterocycles. The van der Waals surface area contributed by atoms with E-state index in [1.807, 2.05) is 6.07 Å². The molecule has 0 atom stereocenters. The fourth-order valence-electron chi connectivity index (χ4n) is 2.74. The largest absolute Gasteiger partial charge is 0.379 e. The van der Waals surface area contributed by atoms with Crippen molar-refractivity contribution in [2.24, 2.45) is 0 Å². The Hall–Kier alpha value is -1.64. The van der Waals surface area contributed by atoms with Crippen LogP contribution in [0.2, 0.25) is 0 Å². The Labute approximate surface area is 127 Å². The van der Waals surface area contributed by atoms with Gasteiger partial charge in [0.2, 0.25) is 0 Å². The maximum atomic E-state index is 5.37. The smallest absolute Gasteiger partial charge is 0.0594 e. The molecule has 1 heterocycles. The van der Waals surface area contributed by atoms with Crippen molar-refractivity contribution >= 4 is 0 Å². The number of rotatable bonds is 5. The fraction of sp³-hybridized carbons (Fsp3) is 0.368. The minimum absolute atomic E-state index is 0.887. The quantitative estimate of drug-likeness (QED) is 0.832. The second-order valence-electron chi connectivity index (χ2n) is 5.53. The van der Waals surface area contributed by atoms with Crippen molar-refractivity contribution in [3.63, 3.8) is 0 Å². The molecule has 3 rings (SSSR count). The number of hydrogen-bond donors (Lipinski definition) is 0. The highest BCUT2D eigenvalue weighted by Crippen LogP contribution is 2.19. The van der Waals surface area contributed by atoms with Gasteiger partial charge in [-0.15, -0.1) is 0 Å². The number of aryl methyl sites for hydroxylation is 1. The van der Waals surface area contributed by atoms with Crippen molar-refractivity contribution < 1.29 is 4.74 Å². The summed E-state index contributed by atoms with van der Waals surface area (Å²) in [6.45, 7) is 5.10. The summed E-state index contributed by atoms with van der Waals surface area (Å²) >= 11 is 0. The van der Waals surface area contributed by atoms with E-state index in [0.717, 1.165) is 39.3 Å². The van der Waals surface area contributed by atoms with Gasteiger partial charge in [-0.1, -0.05) is 42.5 Å². The van der Waals surface area contributed by atoms with Crippen molar-refractivity contribution in [2.45, 2.75) is 12.8 Å². The lowest BCUT2D eigenvalue weighted by Gasteiger charge is -2.26. The highest BCUT2D eigenvalue weighted by atomic mass is 16.5. The van der Waals surface area contributed by atoms with E-state index in [1.54, 1.807) is 0 Å². The van der Waals surface area contributed by atoms with Gasteiger partial charge in [-0.25, -0.2) is 0 Å². The Balaban J connectivity index is 1.50. The Morgan fingerprint density at radius 2 is 1.76 bits per heavy atom. The van der Waals surface area contributed by atoms with Crippen molar-refractivity contribution in [1.82, 2.24) is 4.90 Å². The van der Waals surface area contributed by atoms with E-state index in [2.05, 4.69) is 53.4 Å². The van der Waals surface area contributed by atoms with Gasteiger partial charge in [0.25, 0.3) is 0 Å².